The topological polar surface area (TPSA) is 73.7 Å². The van der Waals surface area contributed by atoms with E-state index in [1.165, 1.54) is 11.3 Å². The molecule has 0 saturated carbocycles. The summed E-state index contributed by atoms with van der Waals surface area (Å²) in [6.07, 6.45) is 4.89. The Morgan fingerprint density at radius 3 is 2.39 bits per heavy atom. The summed E-state index contributed by atoms with van der Waals surface area (Å²) < 4.78 is 12.8. The van der Waals surface area contributed by atoms with Crippen LogP contribution in [-0.4, -0.2) is 47.7 Å². The highest BCUT2D eigenvalue weighted by Crippen LogP contribution is 2.33. The summed E-state index contributed by atoms with van der Waals surface area (Å²) >= 11 is 7.44. The minimum atomic E-state index is -0.309. The predicted molar refractivity (Wildman–Crippen MR) is 166 cm³/mol. The molecule has 0 atom stereocenters. The monoisotopic (exact) mass is 589 g/mol. The first-order chi connectivity index (χ1) is 19.8. The van der Waals surface area contributed by atoms with Crippen LogP contribution in [0.25, 0.3) is 33.6 Å². The first-order valence-electron chi connectivity index (χ1n) is 13.5. The average molecular weight is 590 g/mol. The Kier molecular flexibility index (Phi) is 8.61. The minimum Gasteiger partial charge on any atom is -0.497 e. The van der Waals surface area contributed by atoms with Gasteiger partial charge in [0, 0.05) is 35.1 Å². The van der Waals surface area contributed by atoms with Gasteiger partial charge in [0.15, 0.2) is 0 Å². The quantitative estimate of drug-likeness (QED) is 0.225. The number of allylic oxidation sites excluding steroid dienone is 1. The second-order valence-corrected chi connectivity index (χ2v) is 11.4. The van der Waals surface area contributed by atoms with Crippen LogP contribution < -0.4 is 15.0 Å². The van der Waals surface area contributed by atoms with Gasteiger partial charge in [0.05, 0.1) is 42.4 Å². The molecular weight excluding hydrogens is 558 g/mol. The van der Waals surface area contributed by atoms with Gasteiger partial charge in [-0.1, -0.05) is 29.3 Å². The summed E-state index contributed by atoms with van der Waals surface area (Å²) in [6.45, 7) is 5.25. The van der Waals surface area contributed by atoms with Gasteiger partial charge in [-0.15, -0.1) is 11.3 Å². The fourth-order valence-electron chi connectivity index (χ4n) is 5.00. The molecule has 9 heteroatoms. The van der Waals surface area contributed by atoms with Crippen LogP contribution in [0.15, 0.2) is 64.3 Å². The van der Waals surface area contributed by atoms with Gasteiger partial charge in [0.1, 0.15) is 16.5 Å². The molecule has 212 valence electrons. The third-order valence-electron chi connectivity index (χ3n) is 7.04. The Labute approximate surface area is 248 Å². The van der Waals surface area contributed by atoms with E-state index < -0.39 is 0 Å². The number of piperidine rings is 1. The number of methoxy groups -OCH3 is 2. The number of hydrogen-bond acceptors (Lipinski definition) is 6. The van der Waals surface area contributed by atoms with E-state index in [0.29, 0.717) is 57.1 Å². The molecule has 0 spiro atoms. The lowest BCUT2D eigenvalue weighted by molar-refractivity contribution is 0.0723. The molecular formula is C32H32ClN3O4S. The molecule has 0 unspecified atom stereocenters. The van der Waals surface area contributed by atoms with Crippen molar-refractivity contribution in [2.45, 2.75) is 33.1 Å². The molecule has 5 rings (SSSR count). The van der Waals surface area contributed by atoms with Crippen LogP contribution in [-0.2, 0) is 0 Å². The minimum absolute atomic E-state index is 0.108. The summed E-state index contributed by atoms with van der Waals surface area (Å²) in [5.41, 5.74) is 4.00. The van der Waals surface area contributed by atoms with Crippen molar-refractivity contribution in [1.82, 2.24) is 14.5 Å². The van der Waals surface area contributed by atoms with Crippen LogP contribution in [0, 0.1) is 0 Å². The number of amides is 1. The zero-order chi connectivity index (χ0) is 29.1. The summed E-state index contributed by atoms with van der Waals surface area (Å²) in [5.74, 6) is 0.929. The van der Waals surface area contributed by atoms with Crippen molar-refractivity contribution < 1.29 is 14.3 Å². The van der Waals surface area contributed by atoms with Gasteiger partial charge in [0.2, 0.25) is 0 Å². The molecule has 41 heavy (non-hydrogen) atoms. The zero-order valence-corrected chi connectivity index (χ0v) is 25.1. The van der Waals surface area contributed by atoms with Gasteiger partial charge in [-0.25, -0.2) is 4.98 Å². The highest BCUT2D eigenvalue weighted by atomic mass is 35.5. The second kappa shape index (κ2) is 12.3. The van der Waals surface area contributed by atoms with E-state index in [-0.39, 0.29) is 11.5 Å². The van der Waals surface area contributed by atoms with E-state index in [9.17, 15) is 9.59 Å². The third-order valence-corrected chi connectivity index (χ3v) is 8.17. The van der Waals surface area contributed by atoms with E-state index in [1.54, 1.807) is 43.1 Å². The number of nitrogens with zero attached hydrogens (tertiary/aromatic N) is 3. The average Bonchev–Trinajstić information content (AvgIpc) is 3.47. The molecule has 1 saturated heterocycles. The summed E-state index contributed by atoms with van der Waals surface area (Å²) in [4.78, 5) is 35.3. The zero-order valence-electron chi connectivity index (χ0n) is 23.6. The van der Waals surface area contributed by atoms with Crippen LogP contribution in [0.2, 0.25) is 5.02 Å². The maximum Gasteiger partial charge on any atom is 0.266 e. The molecule has 1 amide bonds. The first kappa shape index (κ1) is 28.6. The van der Waals surface area contributed by atoms with Crippen LogP contribution in [0.1, 0.15) is 49.2 Å². The van der Waals surface area contributed by atoms with Crippen LogP contribution in [0.5, 0.6) is 11.5 Å². The Morgan fingerprint density at radius 1 is 1.00 bits per heavy atom. The van der Waals surface area contributed by atoms with Gasteiger partial charge < -0.3 is 14.4 Å². The van der Waals surface area contributed by atoms with Gasteiger partial charge in [0.25, 0.3) is 11.5 Å². The van der Waals surface area contributed by atoms with Crippen LogP contribution in [0.3, 0.4) is 0 Å². The van der Waals surface area contributed by atoms with Crippen molar-refractivity contribution in [3.63, 3.8) is 0 Å². The molecule has 7 nitrogen and oxygen atoms in total. The number of likely N-dealkylation sites (tertiary alicyclic amines) is 1. The van der Waals surface area contributed by atoms with E-state index in [1.807, 2.05) is 54.5 Å². The number of aromatic nitrogens is 2. The van der Waals surface area contributed by atoms with Crippen molar-refractivity contribution in [1.29, 1.82) is 0 Å². The van der Waals surface area contributed by atoms with E-state index in [2.05, 4.69) is 0 Å². The number of carbonyl (C=O) groups excluding carboxylic acids is 1. The lowest BCUT2D eigenvalue weighted by atomic mass is 10.0. The highest BCUT2D eigenvalue weighted by Gasteiger charge is 2.27. The number of pyridine rings is 1. The molecule has 0 N–H and O–H groups in total. The highest BCUT2D eigenvalue weighted by molar-refractivity contribution is 7.13. The Bertz CT molecular complexity index is 1660. The molecule has 1 fully saturated rings. The van der Waals surface area contributed by atoms with E-state index in [4.69, 9.17) is 26.1 Å². The number of carbonyl (C=O) groups is 1. The van der Waals surface area contributed by atoms with Crippen molar-refractivity contribution in [3.05, 3.63) is 86.1 Å². The maximum atomic E-state index is 14.4. The fourth-order valence-corrected chi connectivity index (χ4v) is 5.96. The first-order valence-corrected chi connectivity index (χ1v) is 14.7. The molecule has 1 aliphatic heterocycles. The van der Waals surface area contributed by atoms with Gasteiger partial charge in [-0.2, -0.15) is 0 Å². The largest absolute Gasteiger partial charge is 0.497 e. The number of halogens is 1. The number of ether oxygens (including phenoxy) is 2. The number of rotatable bonds is 7. The summed E-state index contributed by atoms with van der Waals surface area (Å²) in [7, 11) is 3.13. The van der Waals surface area contributed by atoms with Gasteiger partial charge in [-0.3, -0.25) is 14.2 Å². The maximum absolute atomic E-state index is 14.4. The third kappa shape index (κ3) is 5.94. The predicted octanol–water partition coefficient (Wildman–Crippen LogP) is 7.35. The molecule has 0 radical (unpaired) electrons. The second-order valence-electron chi connectivity index (χ2n) is 10.2. The summed E-state index contributed by atoms with van der Waals surface area (Å²) in [5, 5.41) is 3.06. The van der Waals surface area contributed by atoms with Crippen LogP contribution in [0.4, 0.5) is 0 Å². The van der Waals surface area contributed by atoms with Gasteiger partial charge in [-0.05, 0) is 69.5 Å². The molecule has 2 aromatic heterocycles. The standard InChI is InChI=1S/C32H32ClN3O4S/c1-20(2)16-27-24(31(37)35-14-6-5-7-15-35)18-25(30-34-26(19-41-30)21-8-10-22(33)11-9-21)32(38)36(27)28-17-23(39-3)12-13-29(28)40-4/h8-13,16-19H,5-7,14-15H2,1-4H3. The van der Waals surface area contributed by atoms with Gasteiger partial charge >= 0.3 is 0 Å². The SMILES string of the molecule is COc1ccc(OC)c(-n2c(C=C(C)C)c(C(=O)N3CCCCC3)cc(-c3nc(-c4ccc(Cl)cc4)cs3)c2=O)c1. The molecule has 0 aliphatic carbocycles. The number of hydrogen-bond donors (Lipinski definition) is 0. The van der Waals surface area contributed by atoms with Crippen molar-refractivity contribution in [2.24, 2.45) is 0 Å². The van der Waals surface area contributed by atoms with Crippen molar-refractivity contribution >= 4 is 34.9 Å². The Balaban J connectivity index is 1.80. The lowest BCUT2D eigenvalue weighted by Crippen LogP contribution is -2.37. The van der Waals surface area contributed by atoms with Crippen LogP contribution >= 0.6 is 22.9 Å². The normalized spacial score (nSPS) is 13.1. The number of benzene rings is 2. The Morgan fingerprint density at radius 2 is 1.73 bits per heavy atom. The van der Waals surface area contributed by atoms with E-state index >= 15 is 0 Å². The molecule has 0 bridgehead atoms. The molecule has 1 aliphatic rings. The van der Waals surface area contributed by atoms with E-state index in [0.717, 1.165) is 36.1 Å². The molecule has 4 aromatic rings. The Hall–Kier alpha value is -3.88. The fraction of sp³-hybridized carbons (Fsp3) is 0.281. The van der Waals surface area contributed by atoms with Crippen molar-refractivity contribution in [3.8, 4) is 39.0 Å². The smallest absolute Gasteiger partial charge is 0.266 e. The number of thiazole rings is 1. The van der Waals surface area contributed by atoms with Crippen molar-refractivity contribution in [2.75, 3.05) is 27.3 Å². The molecule has 3 heterocycles. The lowest BCUT2D eigenvalue weighted by Gasteiger charge is -2.28. The summed E-state index contributed by atoms with van der Waals surface area (Å²) in [6, 6.07) is 14.4. The molecule has 2 aromatic carbocycles.